The first-order valence-electron chi connectivity index (χ1n) is 9.88. The van der Waals surface area contributed by atoms with E-state index in [1.807, 2.05) is 18.2 Å². The number of hydrogen-bond acceptors (Lipinski definition) is 5. The van der Waals surface area contributed by atoms with E-state index in [1.165, 1.54) is 38.5 Å². The number of tetrazole rings is 1. The van der Waals surface area contributed by atoms with Crippen molar-refractivity contribution in [2.24, 2.45) is 0 Å². The molecule has 2 aromatic rings. The number of halogens is 1. The maximum Gasteiger partial charge on any atom is 0.173 e. The molecule has 0 spiro atoms. The summed E-state index contributed by atoms with van der Waals surface area (Å²) in [4.78, 5) is 2.51. The standard InChI is InChI=1S/C20H26N6.ClH/c21-15-16-8-7-9-17(14-16)19(25-12-5-1-2-6-13-25)20-22-23-24-26(20)18-10-3-4-11-18;/h7-9,14,18-19H,1-6,10-13H2;1H/p-1. The van der Waals surface area contributed by atoms with Crippen molar-refractivity contribution in [2.75, 3.05) is 13.1 Å². The number of aromatic nitrogens is 4. The van der Waals surface area contributed by atoms with Crippen LogP contribution in [0.1, 0.15) is 80.4 Å². The molecule has 7 heteroatoms. The second kappa shape index (κ2) is 9.29. The SMILES string of the molecule is N#Cc1cccc(C(c2nnnn2C2CCCC2)N2CCCCCC2)c1.[Cl-]. The van der Waals surface area contributed by atoms with Crippen LogP contribution in [0.15, 0.2) is 24.3 Å². The number of nitrogens with zero attached hydrogens (tertiary/aromatic N) is 6. The molecule has 2 fully saturated rings. The lowest BCUT2D eigenvalue weighted by Gasteiger charge is -2.31. The average molecular weight is 386 g/mol. The van der Waals surface area contributed by atoms with Crippen LogP contribution in [-0.4, -0.2) is 38.2 Å². The van der Waals surface area contributed by atoms with Crippen molar-refractivity contribution < 1.29 is 12.4 Å². The van der Waals surface area contributed by atoms with Crippen LogP contribution in [0.4, 0.5) is 0 Å². The molecular formula is C20H26ClN6-. The topological polar surface area (TPSA) is 70.6 Å². The van der Waals surface area contributed by atoms with Crippen molar-refractivity contribution in [2.45, 2.75) is 63.5 Å². The third kappa shape index (κ3) is 4.31. The summed E-state index contributed by atoms with van der Waals surface area (Å²) in [5.41, 5.74) is 1.82. The smallest absolute Gasteiger partial charge is 0.173 e. The molecule has 0 bridgehead atoms. The van der Waals surface area contributed by atoms with E-state index in [4.69, 9.17) is 0 Å². The predicted molar refractivity (Wildman–Crippen MR) is 98.4 cm³/mol. The Morgan fingerprint density at radius 3 is 2.48 bits per heavy atom. The lowest BCUT2D eigenvalue weighted by molar-refractivity contribution is -0.00000577. The van der Waals surface area contributed by atoms with E-state index < -0.39 is 0 Å². The predicted octanol–water partition coefficient (Wildman–Crippen LogP) is 0.629. The average Bonchev–Trinajstić information content (AvgIpc) is 3.30. The van der Waals surface area contributed by atoms with Crippen LogP contribution in [0.3, 0.4) is 0 Å². The van der Waals surface area contributed by atoms with Crippen molar-refractivity contribution in [1.29, 1.82) is 5.26 Å². The molecule has 2 heterocycles. The fourth-order valence-electron chi connectivity index (χ4n) is 4.44. The third-order valence-corrected chi connectivity index (χ3v) is 5.77. The van der Waals surface area contributed by atoms with Crippen LogP contribution < -0.4 is 12.4 Å². The first kappa shape index (κ1) is 19.8. The first-order valence-corrected chi connectivity index (χ1v) is 9.88. The molecule has 1 atom stereocenters. The summed E-state index contributed by atoms with van der Waals surface area (Å²) < 4.78 is 2.07. The van der Waals surface area contributed by atoms with Crippen LogP contribution in [0, 0.1) is 11.3 Å². The molecule has 4 rings (SSSR count). The summed E-state index contributed by atoms with van der Waals surface area (Å²) in [6, 6.07) is 10.7. The highest BCUT2D eigenvalue weighted by molar-refractivity contribution is 5.36. The molecule has 0 N–H and O–H groups in total. The molecule has 144 valence electrons. The molecule has 1 aromatic heterocycles. The monoisotopic (exact) mass is 385 g/mol. The number of benzene rings is 1. The zero-order valence-electron chi connectivity index (χ0n) is 15.6. The molecule has 2 aliphatic rings. The second-order valence-corrected chi connectivity index (χ2v) is 7.51. The fraction of sp³-hybridized carbons (Fsp3) is 0.600. The molecule has 27 heavy (non-hydrogen) atoms. The minimum absolute atomic E-state index is 0. The van der Waals surface area contributed by atoms with E-state index in [1.54, 1.807) is 0 Å². The van der Waals surface area contributed by atoms with Gasteiger partial charge in [0.15, 0.2) is 5.82 Å². The summed E-state index contributed by atoms with van der Waals surface area (Å²) in [5.74, 6) is 0.939. The van der Waals surface area contributed by atoms with E-state index in [9.17, 15) is 5.26 Å². The Morgan fingerprint density at radius 1 is 1.04 bits per heavy atom. The summed E-state index contributed by atoms with van der Waals surface area (Å²) in [6.07, 6.45) is 9.80. The summed E-state index contributed by atoms with van der Waals surface area (Å²) in [5, 5.41) is 22.2. The Hall–Kier alpha value is -1.97. The van der Waals surface area contributed by atoms with Gasteiger partial charge in [0, 0.05) is 0 Å². The van der Waals surface area contributed by atoms with E-state index >= 15 is 0 Å². The Labute approximate surface area is 167 Å². The van der Waals surface area contributed by atoms with Gasteiger partial charge in [-0.1, -0.05) is 37.8 Å². The number of likely N-dealkylation sites (tertiary alicyclic amines) is 1. The molecule has 1 aromatic carbocycles. The molecular weight excluding hydrogens is 360 g/mol. The van der Waals surface area contributed by atoms with E-state index in [0.29, 0.717) is 11.6 Å². The first-order chi connectivity index (χ1) is 12.9. The van der Waals surface area contributed by atoms with Crippen molar-refractivity contribution in [1.82, 2.24) is 25.1 Å². The zero-order valence-corrected chi connectivity index (χ0v) is 16.4. The van der Waals surface area contributed by atoms with Gasteiger partial charge in [-0.3, -0.25) is 4.90 Å². The zero-order chi connectivity index (χ0) is 17.8. The van der Waals surface area contributed by atoms with E-state index in [-0.39, 0.29) is 18.4 Å². The fourth-order valence-corrected chi connectivity index (χ4v) is 4.44. The highest BCUT2D eigenvalue weighted by atomic mass is 35.5. The van der Waals surface area contributed by atoms with Gasteiger partial charge in [0.25, 0.3) is 0 Å². The normalized spacial score (nSPS) is 19.8. The Morgan fingerprint density at radius 2 is 1.78 bits per heavy atom. The quantitative estimate of drug-likeness (QED) is 0.772. The van der Waals surface area contributed by atoms with E-state index in [2.05, 4.69) is 37.2 Å². The van der Waals surface area contributed by atoms with Crippen LogP contribution in [0.25, 0.3) is 0 Å². The van der Waals surface area contributed by atoms with Crippen molar-refractivity contribution in [3.05, 3.63) is 41.2 Å². The largest absolute Gasteiger partial charge is 1.00 e. The lowest BCUT2D eigenvalue weighted by atomic mass is 10.0. The Bertz CT molecular complexity index is 769. The van der Waals surface area contributed by atoms with Gasteiger partial charge >= 0.3 is 0 Å². The molecule has 0 amide bonds. The number of hydrogen-bond donors (Lipinski definition) is 0. The maximum atomic E-state index is 9.35. The number of rotatable bonds is 4. The van der Waals surface area contributed by atoms with Gasteiger partial charge in [0.1, 0.15) is 0 Å². The van der Waals surface area contributed by atoms with E-state index in [0.717, 1.165) is 37.3 Å². The minimum atomic E-state index is 0. The van der Waals surface area contributed by atoms with Gasteiger partial charge in [0.2, 0.25) is 0 Å². The van der Waals surface area contributed by atoms with Crippen molar-refractivity contribution >= 4 is 0 Å². The molecule has 1 unspecified atom stereocenters. The molecule has 0 radical (unpaired) electrons. The van der Waals surface area contributed by atoms with Crippen LogP contribution in [0.2, 0.25) is 0 Å². The van der Waals surface area contributed by atoms with Gasteiger partial charge in [-0.2, -0.15) is 5.26 Å². The van der Waals surface area contributed by atoms with Crippen molar-refractivity contribution in [3.8, 4) is 6.07 Å². The second-order valence-electron chi connectivity index (χ2n) is 7.51. The molecule has 1 saturated heterocycles. The van der Waals surface area contributed by atoms with Gasteiger partial charge in [-0.15, -0.1) is 5.10 Å². The highest BCUT2D eigenvalue weighted by Gasteiger charge is 2.31. The Kier molecular flexibility index (Phi) is 6.81. The molecule has 1 saturated carbocycles. The molecule has 1 aliphatic carbocycles. The summed E-state index contributed by atoms with van der Waals surface area (Å²) in [6.45, 7) is 2.11. The van der Waals surface area contributed by atoms with Crippen LogP contribution in [-0.2, 0) is 0 Å². The summed E-state index contributed by atoms with van der Waals surface area (Å²) in [7, 11) is 0. The third-order valence-electron chi connectivity index (χ3n) is 5.77. The van der Waals surface area contributed by atoms with Crippen LogP contribution >= 0.6 is 0 Å². The van der Waals surface area contributed by atoms with Gasteiger partial charge in [-0.25, -0.2) is 4.68 Å². The Balaban J connectivity index is 0.00000210. The summed E-state index contributed by atoms with van der Waals surface area (Å²) >= 11 is 0. The van der Waals surface area contributed by atoms with Gasteiger partial charge in [0.05, 0.1) is 23.7 Å². The van der Waals surface area contributed by atoms with Gasteiger partial charge in [-0.05, 0) is 66.9 Å². The van der Waals surface area contributed by atoms with Crippen LogP contribution in [0.5, 0.6) is 0 Å². The molecule has 6 nitrogen and oxygen atoms in total. The minimum Gasteiger partial charge on any atom is -1.00 e. The highest BCUT2D eigenvalue weighted by Crippen LogP contribution is 2.35. The molecule has 1 aliphatic heterocycles. The van der Waals surface area contributed by atoms with Crippen molar-refractivity contribution in [3.63, 3.8) is 0 Å². The number of nitriles is 1. The lowest BCUT2D eigenvalue weighted by Crippen LogP contribution is -3.00. The van der Waals surface area contributed by atoms with Gasteiger partial charge < -0.3 is 12.4 Å². The maximum absolute atomic E-state index is 9.35.